The molecular formula is C21H22F2N2O5. The number of nitrogens with one attached hydrogen (secondary N) is 1. The van der Waals surface area contributed by atoms with Crippen LogP contribution in [0.1, 0.15) is 22.8 Å². The molecule has 30 heavy (non-hydrogen) atoms. The molecule has 0 radical (unpaired) electrons. The number of hydrogen-bond acceptors (Lipinski definition) is 5. The van der Waals surface area contributed by atoms with Crippen molar-refractivity contribution < 1.29 is 32.6 Å². The Balaban J connectivity index is 1.82. The fraction of sp³-hybridized carbons (Fsp3) is 0.286. The molecule has 2 amide bonds. The van der Waals surface area contributed by atoms with Crippen LogP contribution in [-0.4, -0.2) is 49.0 Å². The predicted molar refractivity (Wildman–Crippen MR) is 104 cm³/mol. The number of ether oxygens (including phenoxy) is 2. The van der Waals surface area contributed by atoms with Crippen molar-refractivity contribution in [2.45, 2.75) is 26.2 Å². The van der Waals surface area contributed by atoms with Gasteiger partial charge < -0.3 is 19.7 Å². The normalized spacial score (nSPS) is 11.5. The molecule has 7 nitrogen and oxygen atoms in total. The Bertz CT molecular complexity index is 877. The second kappa shape index (κ2) is 10.9. The lowest BCUT2D eigenvalue weighted by Gasteiger charge is -2.21. The minimum atomic E-state index is -3.02. The summed E-state index contributed by atoms with van der Waals surface area (Å²) in [5, 5.41) is 2.31. The Morgan fingerprint density at radius 2 is 1.77 bits per heavy atom. The van der Waals surface area contributed by atoms with Gasteiger partial charge in [0.15, 0.2) is 6.10 Å². The molecule has 2 rings (SSSR count). The summed E-state index contributed by atoms with van der Waals surface area (Å²) in [5.74, 6) is -2.06. The fourth-order valence-corrected chi connectivity index (χ4v) is 2.60. The third-order valence-corrected chi connectivity index (χ3v) is 4.01. The first-order valence-electron chi connectivity index (χ1n) is 9.07. The summed E-state index contributed by atoms with van der Waals surface area (Å²) < 4.78 is 33.8. The lowest BCUT2D eigenvalue weighted by Crippen LogP contribution is -2.39. The van der Waals surface area contributed by atoms with Crippen LogP contribution in [-0.2, 0) is 20.9 Å². The van der Waals surface area contributed by atoms with Crippen molar-refractivity contribution in [3.05, 3.63) is 65.7 Å². The summed E-state index contributed by atoms with van der Waals surface area (Å²) >= 11 is 0. The summed E-state index contributed by atoms with van der Waals surface area (Å²) in [5.41, 5.74) is 0.963. The number of hydrogen-bond donors (Lipinski definition) is 1. The van der Waals surface area contributed by atoms with E-state index in [4.69, 9.17) is 4.74 Å². The number of benzene rings is 2. The van der Waals surface area contributed by atoms with Crippen LogP contribution in [0.4, 0.5) is 8.78 Å². The van der Waals surface area contributed by atoms with Crippen LogP contribution >= 0.6 is 0 Å². The fourth-order valence-electron chi connectivity index (χ4n) is 2.60. The van der Waals surface area contributed by atoms with E-state index in [2.05, 4.69) is 10.1 Å². The van der Waals surface area contributed by atoms with Crippen LogP contribution in [0.15, 0.2) is 54.6 Å². The molecule has 1 N–H and O–H groups in total. The molecule has 0 aliphatic rings. The molecule has 9 heteroatoms. The molecule has 0 aliphatic carbocycles. The molecule has 0 aliphatic heterocycles. The molecule has 2 aromatic rings. The monoisotopic (exact) mass is 420 g/mol. The van der Waals surface area contributed by atoms with Gasteiger partial charge in [-0.15, -0.1) is 0 Å². The Kier molecular flexibility index (Phi) is 8.28. The standard InChI is InChI=1S/C21H22F2N2O5/c1-14(20(28)25(2)13-15-7-4-3-5-8-15)29-18(26)12-24-19(27)16-9-6-10-17(11-16)30-21(22)23/h3-11,14,21H,12-13H2,1-2H3,(H,24,27). The molecule has 0 aromatic heterocycles. The van der Waals surface area contributed by atoms with Crippen molar-refractivity contribution in [3.8, 4) is 5.75 Å². The van der Waals surface area contributed by atoms with Crippen LogP contribution in [0, 0.1) is 0 Å². The van der Waals surface area contributed by atoms with E-state index in [0.717, 1.165) is 11.6 Å². The number of amides is 2. The molecule has 1 atom stereocenters. The second-order valence-electron chi connectivity index (χ2n) is 6.40. The lowest BCUT2D eigenvalue weighted by atomic mass is 10.2. The third-order valence-electron chi connectivity index (χ3n) is 4.01. The van der Waals surface area contributed by atoms with Crippen molar-refractivity contribution in [1.82, 2.24) is 10.2 Å². The van der Waals surface area contributed by atoms with Gasteiger partial charge in [0.05, 0.1) is 0 Å². The SMILES string of the molecule is CC(OC(=O)CNC(=O)c1cccc(OC(F)F)c1)C(=O)N(C)Cc1ccccc1. The van der Waals surface area contributed by atoms with E-state index in [1.165, 1.54) is 30.0 Å². The van der Waals surface area contributed by atoms with Crippen LogP contribution in [0.25, 0.3) is 0 Å². The highest BCUT2D eigenvalue weighted by Crippen LogP contribution is 2.15. The van der Waals surface area contributed by atoms with Gasteiger partial charge in [0.25, 0.3) is 11.8 Å². The first-order valence-corrected chi connectivity index (χ1v) is 9.07. The molecule has 0 saturated heterocycles. The maximum Gasteiger partial charge on any atom is 0.387 e. The van der Waals surface area contributed by atoms with Crippen molar-refractivity contribution >= 4 is 17.8 Å². The van der Waals surface area contributed by atoms with E-state index in [9.17, 15) is 23.2 Å². The predicted octanol–water partition coefficient (Wildman–Crippen LogP) is 2.61. The van der Waals surface area contributed by atoms with E-state index < -0.39 is 37.0 Å². The Hall–Kier alpha value is -3.49. The number of alkyl halides is 2. The maximum absolute atomic E-state index is 12.4. The molecule has 0 spiro atoms. The number of nitrogens with zero attached hydrogens (tertiary/aromatic N) is 1. The van der Waals surface area contributed by atoms with Gasteiger partial charge in [-0.2, -0.15) is 8.78 Å². The molecular weight excluding hydrogens is 398 g/mol. The molecule has 2 aromatic carbocycles. The molecule has 0 bridgehead atoms. The first kappa shape index (κ1) is 22.8. The van der Waals surface area contributed by atoms with E-state index in [0.29, 0.717) is 6.54 Å². The largest absolute Gasteiger partial charge is 0.451 e. The Morgan fingerprint density at radius 1 is 1.07 bits per heavy atom. The number of esters is 1. The summed E-state index contributed by atoms with van der Waals surface area (Å²) in [6.45, 7) is -1.71. The number of carbonyl (C=O) groups excluding carboxylic acids is 3. The summed E-state index contributed by atoms with van der Waals surface area (Å²) in [4.78, 5) is 37.8. The van der Waals surface area contributed by atoms with Crippen LogP contribution in [0.5, 0.6) is 5.75 Å². The summed E-state index contributed by atoms with van der Waals surface area (Å²) in [6.07, 6.45) is -1.04. The van der Waals surface area contributed by atoms with Crippen LogP contribution in [0.3, 0.4) is 0 Å². The van der Waals surface area contributed by atoms with Gasteiger partial charge in [0.1, 0.15) is 12.3 Å². The van der Waals surface area contributed by atoms with Gasteiger partial charge in [-0.25, -0.2) is 0 Å². The number of halogens is 2. The highest BCUT2D eigenvalue weighted by atomic mass is 19.3. The van der Waals surface area contributed by atoms with Crippen molar-refractivity contribution in [2.24, 2.45) is 0 Å². The highest BCUT2D eigenvalue weighted by Gasteiger charge is 2.22. The molecule has 0 saturated carbocycles. The number of likely N-dealkylation sites (N-methyl/N-ethyl adjacent to an activating group) is 1. The molecule has 0 fully saturated rings. The number of rotatable bonds is 9. The summed E-state index contributed by atoms with van der Waals surface area (Å²) in [7, 11) is 1.59. The van der Waals surface area contributed by atoms with Crippen molar-refractivity contribution in [1.29, 1.82) is 0 Å². The number of carbonyl (C=O) groups is 3. The van der Waals surface area contributed by atoms with Crippen LogP contribution < -0.4 is 10.1 Å². The zero-order valence-electron chi connectivity index (χ0n) is 16.5. The molecule has 0 heterocycles. The highest BCUT2D eigenvalue weighted by molar-refractivity contribution is 5.96. The zero-order chi connectivity index (χ0) is 22.1. The topological polar surface area (TPSA) is 84.9 Å². The minimum Gasteiger partial charge on any atom is -0.451 e. The van der Waals surface area contributed by atoms with E-state index in [-0.39, 0.29) is 11.3 Å². The van der Waals surface area contributed by atoms with Gasteiger partial charge in [0.2, 0.25) is 0 Å². The molecule has 1 unspecified atom stereocenters. The third kappa shape index (κ3) is 7.16. The zero-order valence-corrected chi connectivity index (χ0v) is 16.5. The van der Waals surface area contributed by atoms with E-state index in [1.807, 2.05) is 30.3 Å². The summed E-state index contributed by atoms with van der Waals surface area (Å²) in [6, 6.07) is 14.5. The smallest absolute Gasteiger partial charge is 0.387 e. The van der Waals surface area contributed by atoms with Crippen LogP contribution in [0.2, 0.25) is 0 Å². The Morgan fingerprint density at radius 3 is 2.43 bits per heavy atom. The van der Waals surface area contributed by atoms with Gasteiger partial charge in [-0.1, -0.05) is 36.4 Å². The van der Waals surface area contributed by atoms with Crippen molar-refractivity contribution in [2.75, 3.05) is 13.6 Å². The van der Waals surface area contributed by atoms with Crippen molar-refractivity contribution in [3.63, 3.8) is 0 Å². The average Bonchev–Trinajstić information content (AvgIpc) is 2.71. The van der Waals surface area contributed by atoms with Gasteiger partial charge in [0, 0.05) is 19.2 Å². The lowest BCUT2D eigenvalue weighted by molar-refractivity contribution is -0.157. The van der Waals surface area contributed by atoms with E-state index >= 15 is 0 Å². The molecule has 160 valence electrons. The minimum absolute atomic E-state index is 0.0349. The average molecular weight is 420 g/mol. The van der Waals surface area contributed by atoms with E-state index in [1.54, 1.807) is 7.05 Å². The van der Waals surface area contributed by atoms with Gasteiger partial charge in [-0.05, 0) is 30.7 Å². The second-order valence-corrected chi connectivity index (χ2v) is 6.40. The van der Waals surface area contributed by atoms with Gasteiger partial charge >= 0.3 is 12.6 Å². The first-order chi connectivity index (χ1) is 14.3. The quantitative estimate of drug-likeness (QED) is 0.631. The maximum atomic E-state index is 12.4. The Labute approximate surface area is 172 Å². The van der Waals surface area contributed by atoms with Gasteiger partial charge in [-0.3, -0.25) is 14.4 Å².